The minimum atomic E-state index is -0.912. The van der Waals surface area contributed by atoms with Gasteiger partial charge in [-0.15, -0.1) is 0 Å². The fourth-order valence-electron chi connectivity index (χ4n) is 1.70. The molecule has 1 heterocycles. The van der Waals surface area contributed by atoms with Crippen LogP contribution < -0.4 is 10.9 Å². The minimum absolute atomic E-state index is 0.0850. The van der Waals surface area contributed by atoms with Crippen LogP contribution in [0.1, 0.15) is 16.9 Å². The monoisotopic (exact) mass is 249 g/mol. The normalized spacial score (nSPS) is 21.8. The number of carboxylic acid groups (broad SMARTS) is 1. The van der Waals surface area contributed by atoms with Crippen molar-refractivity contribution in [2.75, 3.05) is 0 Å². The zero-order valence-electron chi connectivity index (χ0n) is 9.29. The number of hydrogen-bond acceptors (Lipinski definition) is 4. The van der Waals surface area contributed by atoms with E-state index >= 15 is 0 Å². The first-order valence-electron chi connectivity index (χ1n) is 5.33. The molecule has 0 spiro atoms. The van der Waals surface area contributed by atoms with Crippen molar-refractivity contribution in [2.45, 2.75) is 12.5 Å². The molecule has 94 valence electrons. The van der Waals surface area contributed by atoms with E-state index in [0.29, 0.717) is 6.42 Å². The molecule has 1 aromatic heterocycles. The fourth-order valence-corrected chi connectivity index (χ4v) is 1.70. The zero-order valence-corrected chi connectivity index (χ0v) is 9.29. The molecule has 0 aliphatic heterocycles. The summed E-state index contributed by atoms with van der Waals surface area (Å²) >= 11 is 0. The first kappa shape index (κ1) is 12.0. The maximum atomic E-state index is 11.7. The molecule has 2 atom stereocenters. The summed E-state index contributed by atoms with van der Waals surface area (Å²) in [5, 5.41) is 11.4. The highest BCUT2D eigenvalue weighted by molar-refractivity contribution is 5.92. The molecular formula is C11H11N3O4. The molecule has 7 nitrogen and oxygen atoms in total. The van der Waals surface area contributed by atoms with Crippen molar-refractivity contribution in [2.24, 2.45) is 5.92 Å². The van der Waals surface area contributed by atoms with Crippen LogP contribution in [0.3, 0.4) is 0 Å². The van der Waals surface area contributed by atoms with E-state index in [4.69, 9.17) is 5.11 Å². The first-order chi connectivity index (χ1) is 8.56. The Labute approximate surface area is 102 Å². The van der Waals surface area contributed by atoms with Gasteiger partial charge in [-0.25, -0.2) is 4.98 Å². The molecule has 0 bridgehead atoms. The van der Waals surface area contributed by atoms with E-state index in [9.17, 15) is 14.4 Å². The van der Waals surface area contributed by atoms with Gasteiger partial charge in [0, 0.05) is 12.2 Å². The highest BCUT2D eigenvalue weighted by Crippen LogP contribution is 2.18. The number of nitrogens with zero attached hydrogens (tertiary/aromatic N) is 1. The molecule has 1 aliphatic carbocycles. The number of aromatic amines is 1. The lowest BCUT2D eigenvalue weighted by molar-refractivity contribution is -0.140. The number of carbonyl (C=O) groups excluding carboxylic acids is 1. The SMILES string of the molecule is O=C(NC1C=CC(C(=O)O)C1)c1c[nH]c(=O)cn1. The molecule has 1 amide bonds. The predicted octanol–water partition coefficient (Wildman–Crippen LogP) is -0.471. The molecule has 2 rings (SSSR count). The Bertz CT molecular complexity index is 543. The summed E-state index contributed by atoms with van der Waals surface area (Å²) in [6, 6.07) is -0.327. The number of nitrogens with one attached hydrogen (secondary N) is 2. The predicted molar refractivity (Wildman–Crippen MR) is 61.0 cm³/mol. The maximum Gasteiger partial charge on any atom is 0.310 e. The van der Waals surface area contributed by atoms with Crippen molar-refractivity contribution in [3.63, 3.8) is 0 Å². The average molecular weight is 249 g/mol. The van der Waals surface area contributed by atoms with E-state index in [0.717, 1.165) is 6.20 Å². The molecule has 3 N–H and O–H groups in total. The molecular weight excluding hydrogens is 238 g/mol. The number of aromatic nitrogens is 2. The Morgan fingerprint density at radius 1 is 1.44 bits per heavy atom. The van der Waals surface area contributed by atoms with Gasteiger partial charge in [0.1, 0.15) is 5.69 Å². The smallest absolute Gasteiger partial charge is 0.310 e. The summed E-state index contributed by atoms with van der Waals surface area (Å²) in [7, 11) is 0. The van der Waals surface area contributed by atoms with Crippen molar-refractivity contribution in [1.82, 2.24) is 15.3 Å². The largest absolute Gasteiger partial charge is 0.481 e. The number of H-pyrrole nitrogens is 1. The van der Waals surface area contributed by atoms with Gasteiger partial charge in [-0.05, 0) is 6.42 Å². The van der Waals surface area contributed by atoms with Crippen LogP contribution in [0.2, 0.25) is 0 Å². The lowest BCUT2D eigenvalue weighted by Crippen LogP contribution is -2.34. The lowest BCUT2D eigenvalue weighted by Gasteiger charge is -2.11. The quantitative estimate of drug-likeness (QED) is 0.627. The summed E-state index contributed by atoms with van der Waals surface area (Å²) in [5.41, 5.74) is -0.306. The molecule has 0 aromatic carbocycles. The van der Waals surface area contributed by atoms with Crippen LogP contribution in [0.15, 0.2) is 29.3 Å². The minimum Gasteiger partial charge on any atom is -0.481 e. The van der Waals surface area contributed by atoms with Gasteiger partial charge in [-0.3, -0.25) is 14.4 Å². The van der Waals surface area contributed by atoms with Crippen LogP contribution in [-0.2, 0) is 4.79 Å². The van der Waals surface area contributed by atoms with Crippen molar-refractivity contribution in [1.29, 1.82) is 0 Å². The fraction of sp³-hybridized carbons (Fsp3) is 0.273. The van der Waals surface area contributed by atoms with Gasteiger partial charge in [-0.2, -0.15) is 0 Å². The topological polar surface area (TPSA) is 112 Å². The van der Waals surface area contributed by atoms with Crippen LogP contribution in [0.25, 0.3) is 0 Å². The Morgan fingerprint density at radius 2 is 2.22 bits per heavy atom. The number of hydrogen-bond donors (Lipinski definition) is 3. The van der Waals surface area contributed by atoms with E-state index in [1.54, 1.807) is 12.2 Å². The highest BCUT2D eigenvalue weighted by Gasteiger charge is 2.25. The van der Waals surface area contributed by atoms with Gasteiger partial charge in [0.15, 0.2) is 0 Å². The van der Waals surface area contributed by atoms with Gasteiger partial charge < -0.3 is 15.4 Å². The summed E-state index contributed by atoms with van der Waals surface area (Å²) < 4.78 is 0. The molecule has 0 fully saturated rings. The maximum absolute atomic E-state index is 11.7. The van der Waals surface area contributed by atoms with Gasteiger partial charge in [-0.1, -0.05) is 12.2 Å². The van der Waals surface area contributed by atoms with E-state index in [1.165, 1.54) is 6.20 Å². The Balaban J connectivity index is 1.97. The summed E-state index contributed by atoms with van der Waals surface area (Å²) in [6.45, 7) is 0. The second kappa shape index (κ2) is 4.82. The van der Waals surface area contributed by atoms with Crippen molar-refractivity contribution in [3.05, 3.63) is 40.6 Å². The van der Waals surface area contributed by atoms with Crippen LogP contribution in [-0.4, -0.2) is 33.0 Å². The molecule has 1 aromatic rings. The van der Waals surface area contributed by atoms with Crippen molar-refractivity contribution < 1.29 is 14.7 Å². The number of rotatable bonds is 3. The second-order valence-corrected chi connectivity index (χ2v) is 3.94. The van der Waals surface area contributed by atoms with Crippen LogP contribution >= 0.6 is 0 Å². The van der Waals surface area contributed by atoms with Gasteiger partial charge in [0.05, 0.1) is 12.1 Å². The number of aliphatic carboxylic acids is 1. The Morgan fingerprint density at radius 3 is 2.78 bits per heavy atom. The molecule has 0 saturated heterocycles. The summed E-state index contributed by atoms with van der Waals surface area (Å²) in [5.74, 6) is -1.93. The van der Waals surface area contributed by atoms with Crippen LogP contribution in [0.5, 0.6) is 0 Å². The van der Waals surface area contributed by atoms with E-state index < -0.39 is 23.4 Å². The molecule has 7 heteroatoms. The molecule has 0 saturated carbocycles. The average Bonchev–Trinajstić information content (AvgIpc) is 2.78. The summed E-state index contributed by atoms with van der Waals surface area (Å²) in [6.07, 6.45) is 5.74. The number of carboxylic acids is 1. The Hall–Kier alpha value is -2.44. The molecule has 2 unspecified atom stereocenters. The van der Waals surface area contributed by atoms with E-state index in [2.05, 4.69) is 15.3 Å². The van der Waals surface area contributed by atoms with Gasteiger partial charge in [0.25, 0.3) is 11.5 Å². The van der Waals surface area contributed by atoms with Crippen molar-refractivity contribution in [3.8, 4) is 0 Å². The first-order valence-corrected chi connectivity index (χ1v) is 5.33. The van der Waals surface area contributed by atoms with Crippen LogP contribution in [0.4, 0.5) is 0 Å². The number of amides is 1. The molecule has 0 radical (unpaired) electrons. The standard InChI is InChI=1S/C11H11N3O4/c15-9-5-12-8(4-13-9)10(16)14-7-2-1-6(3-7)11(17)18/h1-2,4-7H,3H2,(H,13,15)(H,14,16)(H,17,18). The second-order valence-electron chi connectivity index (χ2n) is 3.94. The van der Waals surface area contributed by atoms with Gasteiger partial charge in [0.2, 0.25) is 0 Å². The third kappa shape index (κ3) is 2.62. The molecule has 18 heavy (non-hydrogen) atoms. The van der Waals surface area contributed by atoms with Crippen molar-refractivity contribution >= 4 is 11.9 Å². The third-order valence-corrected chi connectivity index (χ3v) is 2.62. The number of carbonyl (C=O) groups is 2. The van der Waals surface area contributed by atoms with E-state index in [-0.39, 0.29) is 11.7 Å². The lowest BCUT2D eigenvalue weighted by atomic mass is 10.1. The third-order valence-electron chi connectivity index (χ3n) is 2.62. The molecule has 1 aliphatic rings. The summed E-state index contributed by atoms with van der Waals surface area (Å²) in [4.78, 5) is 39.2. The van der Waals surface area contributed by atoms with E-state index in [1.807, 2.05) is 0 Å². The zero-order chi connectivity index (χ0) is 13.1. The van der Waals surface area contributed by atoms with Gasteiger partial charge >= 0.3 is 5.97 Å². The highest BCUT2D eigenvalue weighted by atomic mass is 16.4. The Kier molecular flexibility index (Phi) is 3.22. The van der Waals surface area contributed by atoms with Crippen LogP contribution in [0, 0.1) is 5.92 Å².